The number of amides is 1. The van der Waals surface area contributed by atoms with Crippen LogP contribution in [0.3, 0.4) is 0 Å². The third-order valence-corrected chi connectivity index (χ3v) is 6.56. The number of carbonyl (C=O) groups is 1. The largest absolute Gasteiger partial charge is 0.376 e. The highest BCUT2D eigenvalue weighted by molar-refractivity contribution is 8.01. The number of hydrogen-bond acceptors (Lipinski definition) is 7. The normalized spacial score (nSPS) is 17.7. The number of nitrogens with one attached hydrogen (secondary N) is 1. The summed E-state index contributed by atoms with van der Waals surface area (Å²) < 4.78 is 19.4. The topological polar surface area (TPSA) is 67.4 Å². The van der Waals surface area contributed by atoms with Crippen LogP contribution >= 0.6 is 23.1 Å². The Bertz CT molecular complexity index is 750. The van der Waals surface area contributed by atoms with E-state index in [2.05, 4.69) is 15.5 Å². The van der Waals surface area contributed by atoms with Gasteiger partial charge in [-0.05, 0) is 37.5 Å². The van der Waals surface area contributed by atoms with Gasteiger partial charge in [0, 0.05) is 20.2 Å². The minimum Gasteiger partial charge on any atom is -0.376 e. The first-order chi connectivity index (χ1) is 13.0. The van der Waals surface area contributed by atoms with Crippen LogP contribution in [0.1, 0.15) is 31.4 Å². The van der Waals surface area contributed by atoms with E-state index in [1.165, 1.54) is 35.2 Å². The van der Waals surface area contributed by atoms with Gasteiger partial charge in [0.25, 0.3) is 0 Å². The van der Waals surface area contributed by atoms with Gasteiger partial charge in [0.05, 0.1) is 17.9 Å². The molecule has 1 N–H and O–H groups in total. The summed E-state index contributed by atoms with van der Waals surface area (Å²) >= 11 is 2.81. The average molecular weight is 411 g/mol. The molecule has 1 aromatic carbocycles. The zero-order valence-corrected chi connectivity index (χ0v) is 17.0. The van der Waals surface area contributed by atoms with Crippen LogP contribution in [-0.2, 0) is 9.53 Å². The predicted octanol–water partition coefficient (Wildman–Crippen LogP) is 3.58. The van der Waals surface area contributed by atoms with Gasteiger partial charge in [-0.25, -0.2) is 4.39 Å². The fourth-order valence-corrected chi connectivity index (χ4v) is 4.43. The van der Waals surface area contributed by atoms with Crippen LogP contribution in [0.25, 0.3) is 0 Å². The van der Waals surface area contributed by atoms with Crippen LogP contribution < -0.4 is 5.32 Å². The van der Waals surface area contributed by atoms with E-state index in [0.29, 0.717) is 0 Å². The number of rotatable bonds is 8. The zero-order chi connectivity index (χ0) is 19.2. The Kier molecular flexibility index (Phi) is 7.03. The zero-order valence-electron chi connectivity index (χ0n) is 15.4. The van der Waals surface area contributed by atoms with Gasteiger partial charge < -0.3 is 15.0 Å². The molecule has 0 saturated carbocycles. The molecule has 0 bridgehead atoms. The summed E-state index contributed by atoms with van der Waals surface area (Å²) in [6, 6.07) is 6.09. The Labute approximate surface area is 166 Å². The first kappa shape index (κ1) is 20.0. The molecule has 0 radical (unpaired) electrons. The lowest BCUT2D eigenvalue weighted by atomic mass is 10.1. The van der Waals surface area contributed by atoms with Gasteiger partial charge in [0.2, 0.25) is 11.0 Å². The van der Waals surface area contributed by atoms with Crippen LogP contribution in [0.15, 0.2) is 28.6 Å². The van der Waals surface area contributed by atoms with Crippen LogP contribution in [0.2, 0.25) is 0 Å². The van der Waals surface area contributed by atoms with Crippen LogP contribution in [0, 0.1) is 5.82 Å². The Hall–Kier alpha value is -1.71. The van der Waals surface area contributed by atoms with E-state index in [1.54, 1.807) is 24.1 Å². The lowest BCUT2D eigenvalue weighted by Crippen LogP contribution is -2.31. The highest BCUT2D eigenvalue weighted by atomic mass is 32.2. The van der Waals surface area contributed by atoms with E-state index in [9.17, 15) is 9.18 Å². The second-order valence-corrected chi connectivity index (χ2v) is 8.61. The first-order valence-electron chi connectivity index (χ1n) is 8.86. The summed E-state index contributed by atoms with van der Waals surface area (Å²) in [6.07, 6.45) is 2.42. The molecule has 2 aromatic rings. The smallest absolute Gasteiger partial charge is 0.233 e. The number of nitrogens with zero attached hydrogens (tertiary/aromatic N) is 3. The van der Waals surface area contributed by atoms with Crippen molar-refractivity contribution in [1.82, 2.24) is 15.1 Å². The number of hydrogen-bond donors (Lipinski definition) is 1. The molecular formula is C18H23FN4O2S2. The van der Waals surface area contributed by atoms with Crippen molar-refractivity contribution in [2.24, 2.45) is 0 Å². The van der Waals surface area contributed by atoms with Crippen LogP contribution in [0.4, 0.5) is 9.52 Å². The molecule has 1 fully saturated rings. The minimum absolute atomic E-state index is 0.0131. The molecule has 1 aliphatic heterocycles. The molecule has 1 saturated heterocycles. The molecule has 1 amide bonds. The summed E-state index contributed by atoms with van der Waals surface area (Å²) in [5, 5.41) is 12.2. The second kappa shape index (κ2) is 9.48. The molecule has 0 aliphatic carbocycles. The third-order valence-electron chi connectivity index (χ3n) is 4.56. The lowest BCUT2D eigenvalue weighted by Gasteiger charge is -2.25. The molecule has 3 rings (SSSR count). The summed E-state index contributed by atoms with van der Waals surface area (Å²) in [5.41, 5.74) is 0.897. The second-order valence-electron chi connectivity index (χ2n) is 6.41. The molecule has 2 unspecified atom stereocenters. The number of benzene rings is 1. The molecular weight excluding hydrogens is 387 g/mol. The van der Waals surface area contributed by atoms with Gasteiger partial charge >= 0.3 is 0 Å². The van der Waals surface area contributed by atoms with E-state index in [4.69, 9.17) is 4.74 Å². The fourth-order valence-electron chi connectivity index (χ4n) is 2.75. The van der Waals surface area contributed by atoms with Gasteiger partial charge in [0.1, 0.15) is 5.82 Å². The highest BCUT2D eigenvalue weighted by Gasteiger charge is 2.19. The van der Waals surface area contributed by atoms with Crippen molar-refractivity contribution in [2.45, 2.75) is 36.3 Å². The van der Waals surface area contributed by atoms with Crippen molar-refractivity contribution in [1.29, 1.82) is 0 Å². The van der Waals surface area contributed by atoms with E-state index >= 15 is 0 Å². The number of aromatic nitrogens is 2. The number of thioether (sulfide) groups is 1. The molecule has 6 nitrogen and oxygen atoms in total. The van der Waals surface area contributed by atoms with Gasteiger partial charge in [-0.15, -0.1) is 10.2 Å². The number of ether oxygens (including phenoxy) is 1. The predicted molar refractivity (Wildman–Crippen MR) is 106 cm³/mol. The number of halogens is 1. The van der Waals surface area contributed by atoms with Gasteiger partial charge in [-0.3, -0.25) is 4.79 Å². The summed E-state index contributed by atoms with van der Waals surface area (Å²) in [5.74, 6) is -0.0147. The maximum atomic E-state index is 13.1. The monoisotopic (exact) mass is 410 g/mol. The molecule has 0 spiro atoms. The summed E-state index contributed by atoms with van der Waals surface area (Å²) in [7, 11) is 1.76. The van der Waals surface area contributed by atoms with Crippen LogP contribution in [0.5, 0.6) is 0 Å². The Morgan fingerprint density at radius 2 is 2.22 bits per heavy atom. The Morgan fingerprint density at radius 3 is 2.93 bits per heavy atom. The molecule has 2 heterocycles. The van der Waals surface area contributed by atoms with Crippen molar-refractivity contribution < 1.29 is 13.9 Å². The highest BCUT2D eigenvalue weighted by Crippen LogP contribution is 2.27. The van der Waals surface area contributed by atoms with Crippen molar-refractivity contribution in [3.8, 4) is 0 Å². The Morgan fingerprint density at radius 1 is 1.44 bits per heavy atom. The van der Waals surface area contributed by atoms with Crippen molar-refractivity contribution in [3.63, 3.8) is 0 Å². The number of anilines is 1. The first-order valence-corrected chi connectivity index (χ1v) is 10.7. The quantitative estimate of drug-likeness (QED) is 0.671. The van der Waals surface area contributed by atoms with E-state index in [0.717, 1.165) is 41.0 Å². The molecule has 146 valence electrons. The molecule has 1 aromatic heterocycles. The van der Waals surface area contributed by atoms with Crippen molar-refractivity contribution >= 4 is 34.1 Å². The molecule has 2 atom stereocenters. The molecule has 1 aliphatic rings. The average Bonchev–Trinajstić information content (AvgIpc) is 3.35. The fraction of sp³-hybridized carbons (Fsp3) is 0.500. The third kappa shape index (κ3) is 5.63. The summed E-state index contributed by atoms with van der Waals surface area (Å²) in [4.78, 5) is 14.1. The van der Waals surface area contributed by atoms with E-state index < -0.39 is 0 Å². The molecule has 27 heavy (non-hydrogen) atoms. The minimum atomic E-state index is -0.282. The SMILES string of the molecule is CC(c1ccc(F)cc1)N(C)C(=O)CSc1nnc(NCC2CCCO2)s1. The van der Waals surface area contributed by atoms with E-state index in [1.807, 2.05) is 6.92 Å². The summed E-state index contributed by atoms with van der Waals surface area (Å²) in [6.45, 7) is 3.49. The van der Waals surface area contributed by atoms with Crippen molar-refractivity contribution in [2.75, 3.05) is 31.3 Å². The van der Waals surface area contributed by atoms with Gasteiger partial charge in [0.15, 0.2) is 4.34 Å². The van der Waals surface area contributed by atoms with Gasteiger partial charge in [-0.2, -0.15) is 0 Å². The number of carbonyl (C=O) groups excluding carboxylic acids is 1. The standard InChI is InChI=1S/C18H23FN4O2S2/c1-12(13-5-7-14(19)8-6-13)23(2)16(24)11-26-18-22-21-17(27-18)20-10-15-4-3-9-25-15/h5-8,12,15H,3-4,9-11H2,1-2H3,(H,20,21). The Balaban J connectivity index is 1.46. The van der Waals surface area contributed by atoms with Gasteiger partial charge in [-0.1, -0.05) is 35.2 Å². The maximum Gasteiger partial charge on any atom is 0.233 e. The molecule has 9 heteroatoms. The van der Waals surface area contributed by atoms with E-state index in [-0.39, 0.29) is 29.6 Å². The lowest BCUT2D eigenvalue weighted by molar-refractivity contribution is -0.128. The maximum absolute atomic E-state index is 13.1. The van der Waals surface area contributed by atoms with Crippen molar-refractivity contribution in [3.05, 3.63) is 35.6 Å². The van der Waals surface area contributed by atoms with Crippen LogP contribution in [-0.4, -0.2) is 53.1 Å².